The van der Waals surface area contributed by atoms with E-state index in [2.05, 4.69) is 20.8 Å². The second kappa shape index (κ2) is 6.32. The Morgan fingerprint density at radius 2 is 2.19 bits per heavy atom. The van der Waals surface area contributed by atoms with Crippen molar-refractivity contribution in [3.05, 3.63) is 47.9 Å². The van der Waals surface area contributed by atoms with E-state index >= 15 is 0 Å². The fourth-order valence-corrected chi connectivity index (χ4v) is 2.20. The largest absolute Gasteiger partial charge is 0.406 e. The number of carbonyl (C=O) groups is 1. The molecule has 1 amide bonds. The molecule has 1 saturated heterocycles. The van der Waals surface area contributed by atoms with Crippen LogP contribution in [0.1, 0.15) is 30.3 Å². The Balaban J connectivity index is 1.58. The highest BCUT2D eigenvalue weighted by Gasteiger charge is 2.22. The minimum Gasteiger partial charge on any atom is -0.406 e. The predicted octanol–water partition coefficient (Wildman–Crippen LogP) is 2.15. The maximum atomic E-state index is 11.8. The lowest BCUT2D eigenvalue weighted by atomic mass is 10.2. The Labute approximate surface area is 122 Å². The first-order chi connectivity index (χ1) is 10.3. The Kier molecular flexibility index (Phi) is 4.07. The van der Waals surface area contributed by atoms with Crippen molar-refractivity contribution in [1.82, 2.24) is 15.5 Å². The van der Waals surface area contributed by atoms with Crippen LogP contribution in [0.5, 0.6) is 0 Å². The topological polar surface area (TPSA) is 80.0 Å². The average molecular weight is 284 g/mol. The van der Waals surface area contributed by atoms with Crippen molar-refractivity contribution >= 4 is 18.0 Å². The third-order valence-corrected chi connectivity index (χ3v) is 3.26. The Morgan fingerprint density at radius 3 is 2.95 bits per heavy atom. The molecule has 0 spiro atoms. The van der Waals surface area contributed by atoms with Gasteiger partial charge in [-0.3, -0.25) is 10.1 Å². The third kappa shape index (κ3) is 3.55. The molecule has 1 aliphatic rings. The van der Waals surface area contributed by atoms with Crippen LogP contribution in [0.15, 0.2) is 40.8 Å². The lowest BCUT2D eigenvalue weighted by Gasteiger charge is -2.02. The van der Waals surface area contributed by atoms with Crippen LogP contribution in [0, 0.1) is 0 Å². The summed E-state index contributed by atoms with van der Waals surface area (Å²) >= 11 is 0. The van der Waals surface area contributed by atoms with E-state index in [1.54, 1.807) is 6.08 Å². The molecule has 2 N–H and O–H groups in total. The molecule has 0 aliphatic carbocycles. The van der Waals surface area contributed by atoms with Crippen molar-refractivity contribution in [1.29, 1.82) is 0 Å². The zero-order valence-electron chi connectivity index (χ0n) is 11.5. The number of rotatable bonds is 4. The van der Waals surface area contributed by atoms with Gasteiger partial charge in [0, 0.05) is 6.08 Å². The van der Waals surface area contributed by atoms with E-state index in [-0.39, 0.29) is 18.0 Å². The van der Waals surface area contributed by atoms with Gasteiger partial charge in [-0.15, -0.1) is 5.10 Å². The molecule has 2 heterocycles. The molecule has 3 rings (SSSR count). The predicted molar refractivity (Wildman–Crippen MR) is 78.4 cm³/mol. The van der Waals surface area contributed by atoms with E-state index in [1.807, 2.05) is 30.3 Å². The van der Waals surface area contributed by atoms with E-state index < -0.39 is 0 Å². The Hall–Kier alpha value is -2.47. The molecular weight excluding hydrogens is 268 g/mol. The number of hydrogen-bond donors (Lipinski definition) is 2. The number of benzene rings is 1. The minimum atomic E-state index is -0.298. The second-order valence-electron chi connectivity index (χ2n) is 4.83. The highest BCUT2D eigenvalue weighted by Crippen LogP contribution is 2.22. The molecule has 1 atom stereocenters. The zero-order chi connectivity index (χ0) is 14.5. The molecule has 1 unspecified atom stereocenters. The summed E-state index contributed by atoms with van der Waals surface area (Å²) < 4.78 is 5.44. The van der Waals surface area contributed by atoms with E-state index in [9.17, 15) is 4.79 Å². The second-order valence-corrected chi connectivity index (χ2v) is 4.83. The first-order valence-corrected chi connectivity index (χ1v) is 6.92. The molecule has 6 heteroatoms. The fraction of sp³-hybridized carbons (Fsp3) is 0.267. The van der Waals surface area contributed by atoms with Crippen molar-refractivity contribution in [2.45, 2.75) is 18.9 Å². The van der Waals surface area contributed by atoms with Gasteiger partial charge in [-0.25, -0.2) is 0 Å². The summed E-state index contributed by atoms with van der Waals surface area (Å²) in [4.78, 5) is 11.8. The SMILES string of the molecule is O=C(/C=C/c1ccccc1)Nc1nnc(C2CCCN2)o1. The summed E-state index contributed by atoms with van der Waals surface area (Å²) in [6.45, 7) is 0.953. The number of aromatic nitrogens is 2. The standard InChI is InChI=1S/C15H16N4O2/c20-13(9-8-11-5-2-1-3-6-11)17-15-19-18-14(21-15)12-7-4-10-16-12/h1-3,5-6,8-9,12,16H,4,7,10H2,(H,17,19,20)/b9-8+. The van der Waals surface area contributed by atoms with Crippen molar-refractivity contribution < 1.29 is 9.21 Å². The van der Waals surface area contributed by atoms with E-state index in [0.717, 1.165) is 24.9 Å². The normalized spacial score (nSPS) is 18.2. The molecule has 1 fully saturated rings. The van der Waals surface area contributed by atoms with Gasteiger partial charge >= 0.3 is 6.01 Å². The van der Waals surface area contributed by atoms with Crippen LogP contribution in [-0.2, 0) is 4.79 Å². The summed E-state index contributed by atoms with van der Waals surface area (Å²) in [7, 11) is 0. The highest BCUT2D eigenvalue weighted by molar-refractivity contribution is 6.00. The van der Waals surface area contributed by atoms with Crippen LogP contribution in [0.2, 0.25) is 0 Å². The van der Waals surface area contributed by atoms with Gasteiger partial charge in [0.15, 0.2) is 0 Å². The van der Waals surface area contributed by atoms with Gasteiger partial charge in [0.05, 0.1) is 6.04 Å². The minimum absolute atomic E-state index is 0.100. The Morgan fingerprint density at radius 1 is 1.33 bits per heavy atom. The van der Waals surface area contributed by atoms with Gasteiger partial charge in [0.2, 0.25) is 5.89 Å². The summed E-state index contributed by atoms with van der Waals surface area (Å²) in [5.74, 6) is 0.225. The highest BCUT2D eigenvalue weighted by atomic mass is 16.4. The number of amides is 1. The van der Waals surface area contributed by atoms with Gasteiger partial charge < -0.3 is 9.73 Å². The van der Waals surface area contributed by atoms with Crippen molar-refractivity contribution in [3.8, 4) is 0 Å². The number of anilines is 1. The van der Waals surface area contributed by atoms with Crippen molar-refractivity contribution in [2.75, 3.05) is 11.9 Å². The summed E-state index contributed by atoms with van der Waals surface area (Å²) in [6, 6.07) is 9.81. The van der Waals surface area contributed by atoms with Gasteiger partial charge in [-0.1, -0.05) is 35.4 Å². The number of carbonyl (C=O) groups excluding carboxylic acids is 1. The van der Waals surface area contributed by atoms with Gasteiger partial charge in [-0.2, -0.15) is 0 Å². The Bertz CT molecular complexity index is 630. The van der Waals surface area contributed by atoms with Crippen LogP contribution >= 0.6 is 0 Å². The summed E-state index contributed by atoms with van der Waals surface area (Å²) in [6.07, 6.45) is 5.23. The van der Waals surface area contributed by atoms with Crippen LogP contribution < -0.4 is 10.6 Å². The quantitative estimate of drug-likeness (QED) is 0.841. The first kappa shape index (κ1) is 13.5. The molecule has 21 heavy (non-hydrogen) atoms. The van der Waals surface area contributed by atoms with Gasteiger partial charge in [-0.05, 0) is 31.0 Å². The van der Waals surface area contributed by atoms with Crippen LogP contribution in [0.3, 0.4) is 0 Å². The van der Waals surface area contributed by atoms with Crippen molar-refractivity contribution in [2.24, 2.45) is 0 Å². The molecule has 1 aromatic heterocycles. The summed E-state index contributed by atoms with van der Waals surface area (Å²) in [5, 5.41) is 13.6. The molecule has 0 saturated carbocycles. The molecule has 0 radical (unpaired) electrons. The maximum Gasteiger partial charge on any atom is 0.322 e. The fourth-order valence-electron chi connectivity index (χ4n) is 2.20. The summed E-state index contributed by atoms with van der Waals surface area (Å²) in [5.41, 5.74) is 0.953. The third-order valence-electron chi connectivity index (χ3n) is 3.26. The van der Waals surface area contributed by atoms with Gasteiger partial charge in [0.1, 0.15) is 0 Å². The first-order valence-electron chi connectivity index (χ1n) is 6.92. The van der Waals surface area contributed by atoms with Crippen molar-refractivity contribution in [3.63, 3.8) is 0 Å². The van der Waals surface area contributed by atoms with E-state index in [4.69, 9.17) is 4.42 Å². The molecule has 0 bridgehead atoms. The van der Waals surface area contributed by atoms with Crippen LogP contribution in [0.25, 0.3) is 6.08 Å². The molecule has 108 valence electrons. The molecule has 1 aliphatic heterocycles. The van der Waals surface area contributed by atoms with Crippen LogP contribution in [0.4, 0.5) is 6.01 Å². The molecule has 2 aromatic rings. The lowest BCUT2D eigenvalue weighted by Crippen LogP contribution is -2.13. The number of nitrogens with zero attached hydrogens (tertiary/aromatic N) is 2. The van der Waals surface area contributed by atoms with E-state index in [0.29, 0.717) is 5.89 Å². The lowest BCUT2D eigenvalue weighted by molar-refractivity contribution is -0.112. The zero-order valence-corrected chi connectivity index (χ0v) is 11.5. The number of nitrogens with one attached hydrogen (secondary N) is 2. The monoisotopic (exact) mass is 284 g/mol. The smallest absolute Gasteiger partial charge is 0.322 e. The molecular formula is C15H16N4O2. The average Bonchev–Trinajstić information content (AvgIpc) is 3.17. The van der Waals surface area contributed by atoms with E-state index in [1.165, 1.54) is 6.08 Å². The van der Waals surface area contributed by atoms with Gasteiger partial charge in [0.25, 0.3) is 5.91 Å². The number of hydrogen-bond acceptors (Lipinski definition) is 5. The van der Waals surface area contributed by atoms with Crippen LogP contribution in [-0.4, -0.2) is 22.6 Å². The molecule has 1 aromatic carbocycles. The molecule has 6 nitrogen and oxygen atoms in total. The maximum absolute atomic E-state index is 11.8.